The highest BCUT2D eigenvalue weighted by Gasteiger charge is 2.18. The van der Waals surface area contributed by atoms with Crippen LogP contribution in [0.25, 0.3) is 0 Å². The number of hydrogen-bond donors (Lipinski definition) is 0. The fourth-order valence-corrected chi connectivity index (χ4v) is 2.79. The SMILES string of the molecule is CC(C)Oc1cccc(C(=O)CC2CCCCC2)c1. The molecule has 1 aromatic rings. The Morgan fingerprint density at radius 1 is 1.26 bits per heavy atom. The van der Waals surface area contributed by atoms with Crippen molar-refractivity contribution in [3.63, 3.8) is 0 Å². The molecular formula is C17H24O2. The molecule has 1 fully saturated rings. The molecule has 0 atom stereocenters. The second kappa shape index (κ2) is 6.74. The third-order valence-corrected chi connectivity index (χ3v) is 3.73. The van der Waals surface area contributed by atoms with Gasteiger partial charge in [-0.15, -0.1) is 0 Å². The summed E-state index contributed by atoms with van der Waals surface area (Å²) in [6.45, 7) is 3.99. The molecule has 104 valence electrons. The third-order valence-electron chi connectivity index (χ3n) is 3.73. The molecule has 2 rings (SSSR count). The van der Waals surface area contributed by atoms with E-state index in [1.54, 1.807) is 0 Å². The van der Waals surface area contributed by atoms with E-state index < -0.39 is 0 Å². The average molecular weight is 260 g/mol. The first kappa shape index (κ1) is 14.1. The van der Waals surface area contributed by atoms with Gasteiger partial charge in [-0.3, -0.25) is 4.79 Å². The molecule has 0 N–H and O–H groups in total. The normalized spacial score (nSPS) is 16.6. The zero-order valence-corrected chi connectivity index (χ0v) is 12.0. The third kappa shape index (κ3) is 4.38. The first-order valence-corrected chi connectivity index (χ1v) is 7.45. The van der Waals surface area contributed by atoms with Crippen molar-refractivity contribution < 1.29 is 9.53 Å². The maximum atomic E-state index is 12.3. The monoisotopic (exact) mass is 260 g/mol. The summed E-state index contributed by atoms with van der Waals surface area (Å²) in [4.78, 5) is 12.3. The van der Waals surface area contributed by atoms with Crippen LogP contribution in [0.15, 0.2) is 24.3 Å². The molecule has 0 spiro atoms. The Morgan fingerprint density at radius 2 is 2.00 bits per heavy atom. The van der Waals surface area contributed by atoms with Gasteiger partial charge < -0.3 is 4.74 Å². The van der Waals surface area contributed by atoms with Crippen molar-refractivity contribution >= 4 is 5.78 Å². The van der Waals surface area contributed by atoms with Crippen molar-refractivity contribution in [2.75, 3.05) is 0 Å². The predicted molar refractivity (Wildman–Crippen MR) is 77.7 cm³/mol. The van der Waals surface area contributed by atoms with Crippen molar-refractivity contribution in [1.82, 2.24) is 0 Å². The van der Waals surface area contributed by atoms with E-state index in [-0.39, 0.29) is 11.9 Å². The molecule has 19 heavy (non-hydrogen) atoms. The largest absolute Gasteiger partial charge is 0.491 e. The molecule has 1 saturated carbocycles. The molecule has 0 heterocycles. The van der Waals surface area contributed by atoms with Gasteiger partial charge >= 0.3 is 0 Å². The van der Waals surface area contributed by atoms with E-state index >= 15 is 0 Å². The number of carbonyl (C=O) groups excluding carboxylic acids is 1. The van der Waals surface area contributed by atoms with Gasteiger partial charge in [0.05, 0.1) is 6.10 Å². The average Bonchev–Trinajstić information content (AvgIpc) is 2.39. The van der Waals surface area contributed by atoms with Crippen LogP contribution in [0.1, 0.15) is 62.7 Å². The summed E-state index contributed by atoms with van der Waals surface area (Å²) in [6.07, 6.45) is 7.18. The Morgan fingerprint density at radius 3 is 2.68 bits per heavy atom. The molecule has 2 nitrogen and oxygen atoms in total. The molecule has 1 aromatic carbocycles. The number of hydrogen-bond acceptors (Lipinski definition) is 2. The lowest BCUT2D eigenvalue weighted by Crippen LogP contribution is -2.12. The van der Waals surface area contributed by atoms with Gasteiger partial charge in [-0.05, 0) is 31.9 Å². The fraction of sp³-hybridized carbons (Fsp3) is 0.588. The predicted octanol–water partition coefficient (Wildman–Crippen LogP) is 4.63. The topological polar surface area (TPSA) is 26.3 Å². The summed E-state index contributed by atoms with van der Waals surface area (Å²) in [5.41, 5.74) is 0.795. The lowest BCUT2D eigenvalue weighted by Gasteiger charge is -2.20. The molecule has 0 saturated heterocycles. The Bertz CT molecular complexity index is 417. The van der Waals surface area contributed by atoms with E-state index in [0.717, 1.165) is 11.3 Å². The Kier molecular flexibility index (Phi) is 5.00. The van der Waals surface area contributed by atoms with Gasteiger partial charge in [0.25, 0.3) is 0 Å². The van der Waals surface area contributed by atoms with Gasteiger partial charge in [-0.25, -0.2) is 0 Å². The van der Waals surface area contributed by atoms with Gasteiger partial charge in [-0.2, -0.15) is 0 Å². The summed E-state index contributed by atoms with van der Waals surface area (Å²) in [6, 6.07) is 7.60. The van der Waals surface area contributed by atoms with Crippen molar-refractivity contribution in [1.29, 1.82) is 0 Å². The van der Waals surface area contributed by atoms with Crippen LogP contribution in [0.4, 0.5) is 0 Å². The minimum absolute atomic E-state index is 0.142. The zero-order valence-electron chi connectivity index (χ0n) is 12.0. The van der Waals surface area contributed by atoms with E-state index in [4.69, 9.17) is 4.74 Å². The number of ether oxygens (including phenoxy) is 1. The van der Waals surface area contributed by atoms with Gasteiger partial charge in [0.1, 0.15) is 5.75 Å². The first-order valence-electron chi connectivity index (χ1n) is 7.45. The van der Waals surface area contributed by atoms with Crippen molar-refractivity contribution in [3.05, 3.63) is 29.8 Å². The summed E-state index contributed by atoms with van der Waals surface area (Å²) in [5.74, 6) is 1.65. The second-order valence-electron chi connectivity index (χ2n) is 5.83. The molecule has 2 heteroatoms. The highest BCUT2D eigenvalue weighted by Crippen LogP contribution is 2.28. The van der Waals surface area contributed by atoms with Crippen LogP contribution in [0, 0.1) is 5.92 Å². The first-order chi connectivity index (χ1) is 9.15. The molecule has 0 amide bonds. The van der Waals surface area contributed by atoms with Crippen LogP contribution in [-0.2, 0) is 0 Å². The summed E-state index contributed by atoms with van der Waals surface area (Å²) < 4.78 is 5.64. The molecule has 0 radical (unpaired) electrons. The van der Waals surface area contributed by atoms with E-state index in [1.165, 1.54) is 32.1 Å². The van der Waals surface area contributed by atoms with Gasteiger partial charge in [-0.1, -0.05) is 44.2 Å². The standard InChI is InChI=1S/C17H24O2/c1-13(2)19-16-10-6-9-15(12-16)17(18)11-14-7-4-3-5-8-14/h6,9-10,12-14H,3-5,7-8,11H2,1-2H3. The highest BCUT2D eigenvalue weighted by atomic mass is 16.5. The van der Waals surface area contributed by atoms with Crippen LogP contribution < -0.4 is 4.74 Å². The maximum Gasteiger partial charge on any atom is 0.163 e. The summed E-state index contributed by atoms with van der Waals surface area (Å²) in [7, 11) is 0. The minimum atomic E-state index is 0.142. The second-order valence-corrected chi connectivity index (χ2v) is 5.83. The van der Waals surface area contributed by atoms with Crippen molar-refractivity contribution in [2.45, 2.75) is 58.5 Å². The van der Waals surface area contributed by atoms with E-state index in [1.807, 2.05) is 38.1 Å². The van der Waals surface area contributed by atoms with Crippen LogP contribution in [0.3, 0.4) is 0 Å². The smallest absolute Gasteiger partial charge is 0.163 e. The van der Waals surface area contributed by atoms with Crippen molar-refractivity contribution in [2.24, 2.45) is 5.92 Å². The molecule has 1 aliphatic rings. The van der Waals surface area contributed by atoms with Gasteiger partial charge in [0.2, 0.25) is 0 Å². The molecular weight excluding hydrogens is 236 g/mol. The molecule has 0 unspecified atom stereocenters. The maximum absolute atomic E-state index is 12.3. The van der Waals surface area contributed by atoms with E-state index in [9.17, 15) is 4.79 Å². The quantitative estimate of drug-likeness (QED) is 0.722. The van der Waals surface area contributed by atoms with E-state index in [0.29, 0.717) is 12.3 Å². The van der Waals surface area contributed by atoms with Crippen LogP contribution in [0.2, 0.25) is 0 Å². The number of carbonyl (C=O) groups is 1. The van der Waals surface area contributed by atoms with Crippen LogP contribution >= 0.6 is 0 Å². The van der Waals surface area contributed by atoms with Crippen LogP contribution in [-0.4, -0.2) is 11.9 Å². The number of ketones is 1. The Labute approximate surface area is 116 Å². The van der Waals surface area contributed by atoms with Crippen molar-refractivity contribution in [3.8, 4) is 5.75 Å². The van der Waals surface area contributed by atoms with E-state index in [2.05, 4.69) is 0 Å². The summed E-state index contributed by atoms with van der Waals surface area (Å²) in [5, 5.41) is 0. The molecule has 1 aliphatic carbocycles. The highest BCUT2D eigenvalue weighted by molar-refractivity contribution is 5.96. The zero-order chi connectivity index (χ0) is 13.7. The lowest BCUT2D eigenvalue weighted by atomic mass is 9.85. The summed E-state index contributed by atoms with van der Waals surface area (Å²) >= 11 is 0. The molecule has 0 aliphatic heterocycles. The van der Waals surface area contributed by atoms with Crippen LogP contribution in [0.5, 0.6) is 5.75 Å². The molecule has 0 bridgehead atoms. The van der Waals surface area contributed by atoms with Gasteiger partial charge in [0.15, 0.2) is 5.78 Å². The number of Topliss-reactive ketones (excluding diaryl/α,β-unsaturated/α-hetero) is 1. The fourth-order valence-electron chi connectivity index (χ4n) is 2.79. The number of rotatable bonds is 5. The number of benzene rings is 1. The molecule has 0 aromatic heterocycles. The minimum Gasteiger partial charge on any atom is -0.491 e. The lowest BCUT2D eigenvalue weighted by molar-refractivity contribution is 0.0949. The van der Waals surface area contributed by atoms with Gasteiger partial charge in [0, 0.05) is 12.0 Å². The Hall–Kier alpha value is -1.31. The Balaban J connectivity index is 1.97.